The molecule has 0 aliphatic carbocycles. The van der Waals surface area contributed by atoms with E-state index < -0.39 is 5.97 Å². The molecule has 23 heavy (non-hydrogen) atoms. The Kier molecular flexibility index (Phi) is 3.08. The summed E-state index contributed by atoms with van der Waals surface area (Å²) in [7, 11) is 0. The van der Waals surface area contributed by atoms with Crippen LogP contribution in [0.2, 0.25) is 0 Å². The molecule has 1 atom stereocenters. The third-order valence-corrected chi connectivity index (χ3v) is 3.93. The Hall–Kier alpha value is -3.15. The van der Waals surface area contributed by atoms with Crippen molar-refractivity contribution in [3.8, 4) is 11.5 Å². The van der Waals surface area contributed by atoms with E-state index in [1.165, 1.54) is 12.1 Å². The topological polar surface area (TPSA) is 88.2 Å². The van der Waals surface area contributed by atoms with Gasteiger partial charge in [-0.05, 0) is 29.8 Å². The summed E-state index contributed by atoms with van der Waals surface area (Å²) < 4.78 is 5.79. The Morgan fingerprint density at radius 3 is 2.91 bits per heavy atom. The number of carboxylic acids is 1. The number of aromatic carboxylic acids is 1. The fourth-order valence-electron chi connectivity index (χ4n) is 2.78. The van der Waals surface area contributed by atoms with E-state index in [1.807, 2.05) is 24.3 Å². The molecule has 0 spiro atoms. The normalized spacial score (nSPS) is 15.9. The Morgan fingerprint density at radius 1 is 1.17 bits per heavy atom. The van der Waals surface area contributed by atoms with Gasteiger partial charge in [-0.15, -0.1) is 10.2 Å². The van der Waals surface area contributed by atoms with Crippen molar-refractivity contribution in [3.05, 3.63) is 65.5 Å². The van der Waals surface area contributed by atoms with Gasteiger partial charge in [0.25, 0.3) is 0 Å². The number of nitrogens with one attached hydrogen (secondary N) is 1. The van der Waals surface area contributed by atoms with Gasteiger partial charge in [-0.25, -0.2) is 4.79 Å². The summed E-state index contributed by atoms with van der Waals surface area (Å²) in [5.74, 6) is -0.124. The molecule has 1 aliphatic heterocycles. The predicted octanol–water partition coefficient (Wildman–Crippen LogP) is 2.99. The number of aromatic nitrogens is 2. The van der Waals surface area contributed by atoms with Crippen LogP contribution in [0.1, 0.15) is 27.7 Å². The van der Waals surface area contributed by atoms with Gasteiger partial charge in [0.15, 0.2) is 0 Å². The molecule has 0 fully saturated rings. The molecule has 0 radical (unpaired) electrons. The van der Waals surface area contributed by atoms with Crippen LogP contribution in [0.5, 0.6) is 0 Å². The van der Waals surface area contributed by atoms with E-state index in [0.717, 1.165) is 11.3 Å². The molecule has 3 aromatic rings. The first-order valence-electron chi connectivity index (χ1n) is 7.22. The maximum absolute atomic E-state index is 11.1. The molecule has 0 amide bonds. The predicted molar refractivity (Wildman–Crippen MR) is 83.5 cm³/mol. The third kappa shape index (κ3) is 2.34. The maximum Gasteiger partial charge on any atom is 0.335 e. The van der Waals surface area contributed by atoms with Gasteiger partial charge in [0.2, 0.25) is 11.8 Å². The summed E-state index contributed by atoms with van der Waals surface area (Å²) >= 11 is 0. The van der Waals surface area contributed by atoms with Crippen molar-refractivity contribution in [2.45, 2.75) is 5.92 Å². The van der Waals surface area contributed by atoms with Gasteiger partial charge >= 0.3 is 5.97 Å². The number of anilines is 1. The lowest BCUT2D eigenvalue weighted by Crippen LogP contribution is -2.03. The zero-order valence-electron chi connectivity index (χ0n) is 12.1. The molecular weight excluding hydrogens is 294 g/mol. The monoisotopic (exact) mass is 307 g/mol. The van der Waals surface area contributed by atoms with Crippen LogP contribution >= 0.6 is 0 Å². The number of fused-ring (bicyclic) bond motifs is 1. The molecule has 1 aromatic heterocycles. The van der Waals surface area contributed by atoms with Crippen molar-refractivity contribution in [1.29, 1.82) is 0 Å². The first-order chi connectivity index (χ1) is 11.2. The first-order valence-corrected chi connectivity index (χ1v) is 7.22. The van der Waals surface area contributed by atoms with Crippen LogP contribution in [0, 0.1) is 0 Å². The molecule has 0 bridgehead atoms. The van der Waals surface area contributed by atoms with Crippen molar-refractivity contribution >= 4 is 11.7 Å². The molecule has 2 heterocycles. The number of rotatable bonds is 3. The molecule has 4 rings (SSSR count). The highest BCUT2D eigenvalue weighted by Crippen LogP contribution is 2.36. The fraction of sp³-hybridized carbons (Fsp3) is 0.118. The average molecular weight is 307 g/mol. The van der Waals surface area contributed by atoms with Gasteiger partial charge in [0.05, 0.1) is 11.5 Å². The van der Waals surface area contributed by atoms with Gasteiger partial charge in [-0.1, -0.05) is 24.3 Å². The van der Waals surface area contributed by atoms with Crippen molar-refractivity contribution < 1.29 is 14.3 Å². The second kappa shape index (κ2) is 5.24. The van der Waals surface area contributed by atoms with E-state index in [1.54, 1.807) is 12.1 Å². The number of para-hydroxylation sites is 1. The highest BCUT2D eigenvalue weighted by atomic mass is 16.4. The van der Waals surface area contributed by atoms with Gasteiger partial charge in [-0.3, -0.25) is 0 Å². The van der Waals surface area contributed by atoms with Crippen molar-refractivity contribution in [2.24, 2.45) is 0 Å². The smallest absolute Gasteiger partial charge is 0.335 e. The van der Waals surface area contributed by atoms with Crippen LogP contribution in [0.15, 0.2) is 52.9 Å². The Morgan fingerprint density at radius 2 is 2.04 bits per heavy atom. The van der Waals surface area contributed by atoms with E-state index in [4.69, 9.17) is 9.52 Å². The van der Waals surface area contributed by atoms with Crippen LogP contribution in [0.3, 0.4) is 0 Å². The van der Waals surface area contributed by atoms with E-state index >= 15 is 0 Å². The summed E-state index contributed by atoms with van der Waals surface area (Å²) in [6, 6.07) is 14.5. The van der Waals surface area contributed by atoms with E-state index in [2.05, 4.69) is 15.5 Å². The Labute approximate surface area is 131 Å². The van der Waals surface area contributed by atoms with Crippen LogP contribution in [0.4, 0.5) is 5.69 Å². The molecule has 1 unspecified atom stereocenters. The Balaban J connectivity index is 1.68. The largest absolute Gasteiger partial charge is 0.478 e. The van der Waals surface area contributed by atoms with Gasteiger partial charge in [0, 0.05) is 17.8 Å². The van der Waals surface area contributed by atoms with Gasteiger partial charge in [-0.2, -0.15) is 0 Å². The second-order valence-electron chi connectivity index (χ2n) is 5.35. The lowest BCUT2D eigenvalue weighted by atomic mass is 10.0. The number of benzene rings is 2. The van der Waals surface area contributed by atoms with Crippen LogP contribution in [0.25, 0.3) is 11.5 Å². The summed E-state index contributed by atoms with van der Waals surface area (Å²) in [5, 5.41) is 20.6. The maximum atomic E-state index is 11.1. The number of nitrogens with zero attached hydrogens (tertiary/aromatic N) is 2. The molecule has 6 nitrogen and oxygen atoms in total. The van der Waals surface area contributed by atoms with Gasteiger partial charge < -0.3 is 14.8 Å². The molecular formula is C17H13N3O3. The lowest BCUT2D eigenvalue weighted by molar-refractivity contribution is 0.0697. The molecule has 2 aromatic carbocycles. The van der Waals surface area contributed by atoms with Crippen molar-refractivity contribution in [1.82, 2.24) is 10.2 Å². The van der Waals surface area contributed by atoms with Gasteiger partial charge in [0.1, 0.15) is 0 Å². The summed E-state index contributed by atoms with van der Waals surface area (Å²) in [6.07, 6.45) is 0. The minimum absolute atomic E-state index is 0.00936. The third-order valence-electron chi connectivity index (χ3n) is 3.93. The highest BCUT2D eigenvalue weighted by Gasteiger charge is 2.28. The number of carbonyl (C=O) groups is 1. The molecule has 6 heteroatoms. The van der Waals surface area contributed by atoms with Crippen molar-refractivity contribution in [3.63, 3.8) is 0 Å². The molecule has 114 valence electrons. The Bertz CT molecular complexity index is 888. The molecule has 1 aliphatic rings. The minimum Gasteiger partial charge on any atom is -0.478 e. The number of hydrogen-bond donors (Lipinski definition) is 2. The highest BCUT2D eigenvalue weighted by molar-refractivity contribution is 5.88. The second-order valence-corrected chi connectivity index (χ2v) is 5.35. The van der Waals surface area contributed by atoms with Crippen LogP contribution in [-0.4, -0.2) is 27.8 Å². The summed E-state index contributed by atoms with van der Waals surface area (Å²) in [4.78, 5) is 11.1. The van der Waals surface area contributed by atoms with Crippen molar-refractivity contribution in [2.75, 3.05) is 11.9 Å². The lowest BCUT2D eigenvalue weighted by Gasteiger charge is -2.03. The van der Waals surface area contributed by atoms with Crippen LogP contribution in [-0.2, 0) is 0 Å². The standard InChI is InChI=1S/C17H13N3O3/c21-17(22)11-5-3-4-10(8-11)15-19-20-16(23-15)13-9-18-14-7-2-1-6-12(13)14/h1-8,13,18H,9H2,(H,21,22). The van der Waals surface area contributed by atoms with E-state index in [9.17, 15) is 4.79 Å². The zero-order chi connectivity index (χ0) is 15.8. The fourth-order valence-corrected chi connectivity index (χ4v) is 2.78. The quantitative estimate of drug-likeness (QED) is 0.773. The average Bonchev–Trinajstić information content (AvgIpc) is 3.21. The number of carboxylic acid groups (broad SMARTS) is 1. The molecule has 2 N–H and O–H groups in total. The summed E-state index contributed by atoms with van der Waals surface area (Å²) in [6.45, 7) is 0.705. The SMILES string of the molecule is O=C(O)c1cccc(-c2nnc(C3CNc4ccccc43)o2)c1. The van der Waals surface area contributed by atoms with E-state index in [0.29, 0.717) is 23.9 Å². The molecule has 0 saturated heterocycles. The first kappa shape index (κ1) is 13.5. The summed E-state index contributed by atoms with van der Waals surface area (Å²) in [5.41, 5.74) is 2.99. The minimum atomic E-state index is -0.986. The number of hydrogen-bond acceptors (Lipinski definition) is 5. The van der Waals surface area contributed by atoms with E-state index in [-0.39, 0.29) is 11.5 Å². The zero-order valence-corrected chi connectivity index (χ0v) is 12.1. The van der Waals surface area contributed by atoms with Crippen LogP contribution < -0.4 is 5.32 Å². The molecule has 0 saturated carbocycles.